The van der Waals surface area contributed by atoms with Crippen LogP contribution in [0.4, 0.5) is 10.6 Å². The monoisotopic (exact) mass is 396 g/mol. The fourth-order valence-electron chi connectivity index (χ4n) is 3.24. The number of nitrogens with zero attached hydrogens (tertiary/aromatic N) is 3. The molecule has 0 radical (unpaired) electrons. The number of carbonyl (C=O) groups excluding carboxylic acids is 1. The number of hydrogen-bond donors (Lipinski definition) is 3. The Morgan fingerprint density at radius 2 is 2.17 bits per heavy atom. The molecule has 8 nitrogen and oxygen atoms in total. The summed E-state index contributed by atoms with van der Waals surface area (Å²) in [5.41, 5.74) is 9.51. The van der Waals surface area contributed by atoms with Crippen molar-refractivity contribution < 1.29 is 9.53 Å². The van der Waals surface area contributed by atoms with Crippen molar-refractivity contribution in [1.82, 2.24) is 25.2 Å². The molecule has 3 aromatic rings. The van der Waals surface area contributed by atoms with Gasteiger partial charge in [-0.2, -0.15) is 0 Å². The molecule has 4 N–H and O–H groups in total. The fraction of sp³-hybridized carbons (Fsp3) is 0.381. The van der Waals surface area contributed by atoms with Gasteiger partial charge in [0, 0.05) is 31.1 Å². The Hall–Kier alpha value is -3.13. The highest BCUT2D eigenvalue weighted by atomic mass is 16.5. The van der Waals surface area contributed by atoms with Crippen LogP contribution in [0.3, 0.4) is 0 Å². The van der Waals surface area contributed by atoms with Crippen LogP contribution in [0.5, 0.6) is 0 Å². The zero-order valence-electron chi connectivity index (χ0n) is 17.2. The number of anilines is 1. The van der Waals surface area contributed by atoms with Gasteiger partial charge in [0.25, 0.3) is 0 Å². The molecule has 2 aromatic heterocycles. The van der Waals surface area contributed by atoms with Gasteiger partial charge in [-0.1, -0.05) is 24.8 Å². The molecule has 154 valence electrons. The predicted molar refractivity (Wildman–Crippen MR) is 117 cm³/mol. The lowest BCUT2D eigenvalue weighted by Crippen LogP contribution is -2.40. The van der Waals surface area contributed by atoms with E-state index in [4.69, 9.17) is 15.5 Å². The zero-order valence-corrected chi connectivity index (χ0v) is 17.2. The molecule has 0 fully saturated rings. The maximum absolute atomic E-state index is 11.9. The van der Waals surface area contributed by atoms with Crippen molar-refractivity contribution in [2.75, 3.05) is 18.9 Å². The number of benzene rings is 1. The van der Waals surface area contributed by atoms with Gasteiger partial charge in [-0.3, -0.25) is 0 Å². The highest BCUT2D eigenvalue weighted by Crippen LogP contribution is 2.29. The van der Waals surface area contributed by atoms with E-state index in [0.29, 0.717) is 37.6 Å². The Morgan fingerprint density at radius 3 is 2.86 bits per heavy atom. The first-order valence-corrected chi connectivity index (χ1v) is 9.77. The molecule has 8 heteroatoms. The average Bonchev–Trinajstić information content (AvgIpc) is 3.04. The summed E-state index contributed by atoms with van der Waals surface area (Å²) in [6, 6.07) is 5.82. The lowest BCUT2D eigenvalue weighted by molar-refractivity contribution is 0.126. The van der Waals surface area contributed by atoms with E-state index in [-0.39, 0.29) is 12.1 Å². The minimum atomic E-state index is -0.197. The molecule has 0 aliphatic carbocycles. The predicted octanol–water partition coefficient (Wildman–Crippen LogP) is 3.05. The van der Waals surface area contributed by atoms with Crippen LogP contribution in [-0.2, 0) is 17.9 Å². The molecule has 0 unspecified atom stereocenters. The summed E-state index contributed by atoms with van der Waals surface area (Å²) in [7, 11) is 0. The lowest BCUT2D eigenvalue weighted by atomic mass is 10.1. The van der Waals surface area contributed by atoms with Crippen molar-refractivity contribution in [2.24, 2.45) is 0 Å². The van der Waals surface area contributed by atoms with Crippen LogP contribution in [0.1, 0.15) is 32.2 Å². The summed E-state index contributed by atoms with van der Waals surface area (Å²) in [6.07, 6.45) is 1.77. The van der Waals surface area contributed by atoms with Crippen LogP contribution in [0.25, 0.3) is 28.0 Å². The van der Waals surface area contributed by atoms with Gasteiger partial charge in [0.2, 0.25) is 0 Å². The number of fused-ring (bicyclic) bond motifs is 3. The number of hydrogen-bond acceptors (Lipinski definition) is 5. The SMILES string of the molecule is C=Cc1ccc2c(c1)nc(N)c1nc(COCC)n(CCNC(=O)NC(C)C)c12. The van der Waals surface area contributed by atoms with Gasteiger partial charge in [0.15, 0.2) is 5.82 Å². The molecule has 0 atom stereocenters. The molecular formula is C21H28N6O2. The molecule has 0 bridgehead atoms. The second-order valence-electron chi connectivity index (χ2n) is 7.05. The van der Waals surface area contributed by atoms with Crippen LogP contribution in [-0.4, -0.2) is 39.8 Å². The maximum atomic E-state index is 11.9. The standard InChI is InChI=1S/C21H28N6O2/c1-5-14-7-8-15-16(11-14)25-20(22)18-19(15)27(17(26-18)12-29-6-2)10-9-23-21(28)24-13(3)4/h5,7-8,11,13H,1,6,9-10,12H2,2-4H3,(H2,22,25)(H2,23,24,28). The minimum Gasteiger partial charge on any atom is -0.382 e. The molecule has 0 saturated carbocycles. The van der Waals surface area contributed by atoms with E-state index in [1.807, 2.05) is 39.0 Å². The van der Waals surface area contributed by atoms with Gasteiger partial charge < -0.3 is 25.7 Å². The van der Waals surface area contributed by atoms with Crippen LogP contribution in [0.2, 0.25) is 0 Å². The van der Waals surface area contributed by atoms with Crippen LogP contribution < -0.4 is 16.4 Å². The third-order valence-electron chi connectivity index (χ3n) is 4.52. The second-order valence-corrected chi connectivity index (χ2v) is 7.05. The molecular weight excluding hydrogens is 368 g/mol. The number of rotatable bonds is 8. The fourth-order valence-corrected chi connectivity index (χ4v) is 3.24. The molecule has 0 aliphatic heterocycles. The van der Waals surface area contributed by atoms with E-state index in [1.165, 1.54) is 0 Å². The number of nitrogen functional groups attached to an aromatic ring is 1. The number of carbonyl (C=O) groups is 1. The summed E-state index contributed by atoms with van der Waals surface area (Å²) in [5, 5.41) is 6.65. The molecule has 2 heterocycles. The number of pyridine rings is 1. The van der Waals surface area contributed by atoms with E-state index in [0.717, 1.165) is 27.8 Å². The lowest BCUT2D eigenvalue weighted by Gasteiger charge is -2.13. The Kier molecular flexibility index (Phi) is 6.33. The minimum absolute atomic E-state index is 0.0754. The van der Waals surface area contributed by atoms with Crippen LogP contribution in [0, 0.1) is 0 Å². The Balaban J connectivity index is 2.03. The van der Waals surface area contributed by atoms with Crippen LogP contribution >= 0.6 is 0 Å². The highest BCUT2D eigenvalue weighted by molar-refractivity contribution is 6.07. The van der Waals surface area contributed by atoms with E-state index in [2.05, 4.69) is 26.8 Å². The largest absolute Gasteiger partial charge is 0.382 e. The van der Waals surface area contributed by atoms with Crippen molar-refractivity contribution in [3.05, 3.63) is 36.2 Å². The summed E-state index contributed by atoms with van der Waals surface area (Å²) in [5.74, 6) is 1.12. The smallest absolute Gasteiger partial charge is 0.315 e. The van der Waals surface area contributed by atoms with Crippen molar-refractivity contribution in [2.45, 2.75) is 40.0 Å². The van der Waals surface area contributed by atoms with Gasteiger partial charge in [0.05, 0.1) is 11.0 Å². The highest BCUT2D eigenvalue weighted by Gasteiger charge is 2.17. The van der Waals surface area contributed by atoms with Gasteiger partial charge >= 0.3 is 6.03 Å². The second kappa shape index (κ2) is 8.91. The summed E-state index contributed by atoms with van der Waals surface area (Å²) < 4.78 is 7.65. The van der Waals surface area contributed by atoms with E-state index in [1.54, 1.807) is 6.08 Å². The number of ether oxygens (including phenoxy) is 1. The van der Waals surface area contributed by atoms with Gasteiger partial charge in [-0.25, -0.2) is 14.8 Å². The molecule has 29 heavy (non-hydrogen) atoms. The molecule has 0 saturated heterocycles. The first kappa shape index (κ1) is 20.6. The van der Waals surface area contributed by atoms with Gasteiger partial charge in [-0.15, -0.1) is 0 Å². The molecule has 0 spiro atoms. The van der Waals surface area contributed by atoms with Crippen molar-refractivity contribution in [1.29, 1.82) is 0 Å². The molecule has 0 aliphatic rings. The third-order valence-corrected chi connectivity index (χ3v) is 4.52. The topological polar surface area (TPSA) is 107 Å². The first-order chi connectivity index (χ1) is 13.9. The average molecular weight is 396 g/mol. The summed E-state index contributed by atoms with van der Waals surface area (Å²) >= 11 is 0. The summed E-state index contributed by atoms with van der Waals surface area (Å²) in [4.78, 5) is 21.1. The van der Waals surface area contributed by atoms with Gasteiger partial charge in [0.1, 0.15) is 17.9 Å². The molecule has 1 aromatic carbocycles. The number of imidazole rings is 1. The van der Waals surface area contributed by atoms with E-state index in [9.17, 15) is 4.79 Å². The quantitative estimate of drug-likeness (QED) is 0.542. The Bertz CT molecular complexity index is 1040. The van der Waals surface area contributed by atoms with Crippen LogP contribution in [0.15, 0.2) is 24.8 Å². The molecule has 3 rings (SSSR count). The maximum Gasteiger partial charge on any atom is 0.315 e. The zero-order chi connectivity index (χ0) is 21.0. The number of aromatic nitrogens is 3. The van der Waals surface area contributed by atoms with E-state index >= 15 is 0 Å². The van der Waals surface area contributed by atoms with Gasteiger partial charge in [-0.05, 0) is 32.4 Å². The van der Waals surface area contributed by atoms with Crippen molar-refractivity contribution >= 4 is 39.9 Å². The molecule has 2 amide bonds. The van der Waals surface area contributed by atoms with Crippen molar-refractivity contribution in [3.63, 3.8) is 0 Å². The number of nitrogens with two attached hydrogens (primary N) is 1. The number of nitrogens with one attached hydrogen (secondary N) is 2. The number of urea groups is 1. The third kappa shape index (κ3) is 4.48. The number of amides is 2. The van der Waals surface area contributed by atoms with Crippen molar-refractivity contribution in [3.8, 4) is 0 Å². The Labute approximate surface area is 170 Å². The van der Waals surface area contributed by atoms with E-state index < -0.39 is 0 Å². The first-order valence-electron chi connectivity index (χ1n) is 9.77. The Morgan fingerprint density at radius 1 is 1.38 bits per heavy atom. The normalized spacial score (nSPS) is 11.3. The summed E-state index contributed by atoms with van der Waals surface area (Å²) in [6.45, 7) is 11.5.